The first-order valence-electron chi connectivity index (χ1n) is 11.5. The van der Waals surface area contributed by atoms with Crippen LogP contribution in [0.1, 0.15) is 25.3 Å². The maximum Gasteiger partial charge on any atom is 0.252 e. The number of anilines is 1. The summed E-state index contributed by atoms with van der Waals surface area (Å²) in [4.78, 5) is 19.8. The number of carbonyl (C=O) groups is 1. The van der Waals surface area contributed by atoms with Crippen molar-refractivity contribution in [1.29, 1.82) is 0 Å². The largest absolute Gasteiger partial charge is 0.494 e. The number of rotatable bonds is 10. The van der Waals surface area contributed by atoms with Crippen LogP contribution in [0, 0.1) is 0 Å². The van der Waals surface area contributed by atoms with Gasteiger partial charge in [0.05, 0.1) is 50.8 Å². The number of methoxy groups -OCH3 is 3. The number of fused-ring (bicyclic) bond motifs is 1. The summed E-state index contributed by atoms with van der Waals surface area (Å²) in [6, 6.07) is 9.36. The quantitative estimate of drug-likeness (QED) is 0.366. The summed E-state index contributed by atoms with van der Waals surface area (Å²) >= 11 is 1.46. The minimum absolute atomic E-state index is 0.0143. The third-order valence-corrected chi connectivity index (χ3v) is 6.71. The number of ether oxygens (including phenoxy) is 5. The Morgan fingerprint density at radius 1 is 1.17 bits per heavy atom. The number of carbonyl (C=O) groups excluding carboxylic acids is 1. The van der Waals surface area contributed by atoms with Gasteiger partial charge in [0.2, 0.25) is 5.75 Å². The van der Waals surface area contributed by atoms with E-state index in [9.17, 15) is 4.79 Å². The maximum atomic E-state index is 13.4. The molecular formula is C26H30N2O6S. The van der Waals surface area contributed by atoms with E-state index in [1.54, 1.807) is 44.4 Å². The van der Waals surface area contributed by atoms with E-state index in [1.165, 1.54) is 17.4 Å². The Bertz CT molecular complexity index is 1180. The highest BCUT2D eigenvalue weighted by molar-refractivity contribution is 7.22. The van der Waals surface area contributed by atoms with Gasteiger partial charge >= 0.3 is 0 Å². The van der Waals surface area contributed by atoms with E-state index >= 15 is 0 Å². The minimum atomic E-state index is -0.182. The standard InChI is InChI=1S/C26H30N2O6S/c1-5-33-18-9-10-20-23(15-18)35-26(27-20)28(16-19-7-6-12-34-19)24(29)11-8-17-13-21(30-2)25(32-4)22(14-17)31-3/h8-11,13-15,19H,5-7,12,16H2,1-4H3/b11-8+. The summed E-state index contributed by atoms with van der Waals surface area (Å²) in [5.41, 5.74) is 1.57. The first kappa shape index (κ1) is 24.8. The van der Waals surface area contributed by atoms with Crippen LogP contribution in [0.5, 0.6) is 23.0 Å². The second kappa shape index (κ2) is 11.4. The number of benzene rings is 2. The minimum Gasteiger partial charge on any atom is -0.494 e. The van der Waals surface area contributed by atoms with Crippen molar-refractivity contribution in [1.82, 2.24) is 4.98 Å². The number of amides is 1. The molecule has 35 heavy (non-hydrogen) atoms. The lowest BCUT2D eigenvalue weighted by molar-refractivity contribution is -0.114. The molecule has 2 heterocycles. The van der Waals surface area contributed by atoms with E-state index in [-0.39, 0.29) is 12.0 Å². The van der Waals surface area contributed by atoms with Gasteiger partial charge in [-0.3, -0.25) is 9.69 Å². The lowest BCUT2D eigenvalue weighted by Gasteiger charge is -2.21. The summed E-state index contributed by atoms with van der Waals surface area (Å²) < 4.78 is 28.6. The molecule has 1 atom stereocenters. The molecule has 1 saturated heterocycles. The van der Waals surface area contributed by atoms with E-state index in [2.05, 4.69) is 0 Å². The Balaban J connectivity index is 1.63. The van der Waals surface area contributed by atoms with Crippen molar-refractivity contribution >= 4 is 38.7 Å². The fourth-order valence-electron chi connectivity index (χ4n) is 3.97. The lowest BCUT2D eigenvalue weighted by Crippen LogP contribution is -2.36. The van der Waals surface area contributed by atoms with Crippen molar-refractivity contribution in [2.75, 3.05) is 46.0 Å². The Hall–Kier alpha value is -3.30. The Morgan fingerprint density at radius 2 is 1.94 bits per heavy atom. The lowest BCUT2D eigenvalue weighted by atomic mass is 10.1. The topological polar surface area (TPSA) is 79.4 Å². The zero-order valence-electron chi connectivity index (χ0n) is 20.4. The van der Waals surface area contributed by atoms with Crippen LogP contribution in [0.15, 0.2) is 36.4 Å². The van der Waals surface area contributed by atoms with E-state index in [4.69, 9.17) is 28.7 Å². The maximum absolute atomic E-state index is 13.4. The predicted molar refractivity (Wildman–Crippen MR) is 137 cm³/mol. The van der Waals surface area contributed by atoms with Crippen LogP contribution in [-0.4, -0.2) is 58.1 Å². The SMILES string of the molecule is CCOc1ccc2nc(N(CC3CCCO3)C(=O)/C=C/c3cc(OC)c(OC)c(OC)c3)sc2c1. The zero-order valence-corrected chi connectivity index (χ0v) is 21.2. The highest BCUT2D eigenvalue weighted by Gasteiger charge is 2.25. The van der Waals surface area contributed by atoms with Gasteiger partial charge in [-0.05, 0) is 61.7 Å². The molecule has 1 amide bonds. The smallest absolute Gasteiger partial charge is 0.252 e. The first-order chi connectivity index (χ1) is 17.1. The second-order valence-electron chi connectivity index (χ2n) is 7.93. The molecule has 1 aliphatic heterocycles. The van der Waals surface area contributed by atoms with Gasteiger partial charge in [-0.1, -0.05) is 11.3 Å². The van der Waals surface area contributed by atoms with E-state index in [0.29, 0.717) is 42.1 Å². The predicted octanol–water partition coefficient (Wildman–Crippen LogP) is 4.95. The van der Waals surface area contributed by atoms with Crippen LogP contribution in [0.4, 0.5) is 5.13 Å². The third-order valence-electron chi connectivity index (χ3n) is 5.67. The normalized spacial score (nSPS) is 15.5. The van der Waals surface area contributed by atoms with Crippen LogP contribution in [0.3, 0.4) is 0 Å². The van der Waals surface area contributed by atoms with Gasteiger partial charge in [-0.2, -0.15) is 0 Å². The van der Waals surface area contributed by atoms with Crippen LogP contribution in [0.2, 0.25) is 0 Å². The highest BCUT2D eigenvalue weighted by Crippen LogP contribution is 2.38. The monoisotopic (exact) mass is 498 g/mol. The Kier molecular flexibility index (Phi) is 8.09. The number of hydrogen-bond donors (Lipinski definition) is 0. The molecule has 1 fully saturated rings. The molecule has 1 aliphatic rings. The van der Waals surface area contributed by atoms with Gasteiger partial charge in [0, 0.05) is 12.7 Å². The molecule has 0 aliphatic carbocycles. The van der Waals surface area contributed by atoms with Gasteiger partial charge in [0.25, 0.3) is 5.91 Å². The molecule has 1 aromatic heterocycles. The van der Waals surface area contributed by atoms with Crippen molar-refractivity contribution in [3.63, 3.8) is 0 Å². The van der Waals surface area contributed by atoms with Gasteiger partial charge in [0.1, 0.15) is 5.75 Å². The van der Waals surface area contributed by atoms with Crippen LogP contribution < -0.4 is 23.8 Å². The van der Waals surface area contributed by atoms with E-state index in [1.807, 2.05) is 25.1 Å². The molecule has 2 aromatic carbocycles. The van der Waals surface area contributed by atoms with Crippen molar-refractivity contribution < 1.29 is 28.5 Å². The summed E-state index contributed by atoms with van der Waals surface area (Å²) in [7, 11) is 4.67. The number of nitrogens with zero attached hydrogens (tertiary/aromatic N) is 2. The third kappa shape index (κ3) is 5.68. The fourth-order valence-corrected chi connectivity index (χ4v) is 4.98. The van der Waals surface area contributed by atoms with Gasteiger partial charge in [-0.25, -0.2) is 4.98 Å². The molecule has 8 nitrogen and oxygen atoms in total. The molecule has 186 valence electrons. The summed E-state index contributed by atoms with van der Waals surface area (Å²) in [5.74, 6) is 2.14. The van der Waals surface area contributed by atoms with Gasteiger partial charge in [0.15, 0.2) is 16.6 Å². The average molecular weight is 499 g/mol. The number of thiazole rings is 1. The van der Waals surface area contributed by atoms with Crippen molar-refractivity contribution in [2.24, 2.45) is 0 Å². The van der Waals surface area contributed by atoms with Crippen LogP contribution >= 0.6 is 11.3 Å². The summed E-state index contributed by atoms with van der Waals surface area (Å²) in [6.07, 6.45) is 5.16. The molecule has 4 rings (SSSR count). The van der Waals surface area contributed by atoms with Gasteiger partial charge < -0.3 is 23.7 Å². The molecule has 0 saturated carbocycles. The zero-order chi connectivity index (χ0) is 24.8. The molecule has 9 heteroatoms. The summed E-state index contributed by atoms with van der Waals surface area (Å²) in [5, 5.41) is 0.628. The molecular weight excluding hydrogens is 468 g/mol. The molecule has 0 N–H and O–H groups in total. The second-order valence-corrected chi connectivity index (χ2v) is 8.94. The van der Waals surface area contributed by atoms with E-state index < -0.39 is 0 Å². The molecule has 0 bridgehead atoms. The molecule has 3 aromatic rings. The van der Waals surface area contributed by atoms with Crippen LogP contribution in [-0.2, 0) is 9.53 Å². The van der Waals surface area contributed by atoms with Crippen LogP contribution in [0.25, 0.3) is 16.3 Å². The number of aromatic nitrogens is 1. The first-order valence-corrected chi connectivity index (χ1v) is 12.3. The molecule has 1 unspecified atom stereocenters. The molecule has 0 radical (unpaired) electrons. The van der Waals surface area contributed by atoms with Crippen molar-refractivity contribution in [3.05, 3.63) is 42.0 Å². The summed E-state index contributed by atoms with van der Waals surface area (Å²) in [6.45, 7) is 3.69. The number of hydrogen-bond acceptors (Lipinski definition) is 8. The Labute approximate surface area is 209 Å². The molecule has 0 spiro atoms. The highest BCUT2D eigenvalue weighted by atomic mass is 32.1. The Morgan fingerprint density at radius 3 is 2.57 bits per heavy atom. The van der Waals surface area contributed by atoms with Crippen molar-refractivity contribution in [2.45, 2.75) is 25.9 Å². The average Bonchev–Trinajstić information content (AvgIpc) is 3.54. The fraction of sp³-hybridized carbons (Fsp3) is 0.385. The van der Waals surface area contributed by atoms with E-state index in [0.717, 1.165) is 34.4 Å². The van der Waals surface area contributed by atoms with Crippen molar-refractivity contribution in [3.8, 4) is 23.0 Å². The van der Waals surface area contributed by atoms with Gasteiger partial charge in [-0.15, -0.1) is 0 Å².